The molecule has 0 aromatic carbocycles. The molecule has 0 saturated heterocycles. The van der Waals surface area contributed by atoms with Crippen LogP contribution in [0, 0.1) is 0 Å². The lowest BCUT2D eigenvalue weighted by atomic mass is 10.5. The smallest absolute Gasteiger partial charge is 0.176 e. The third-order valence-electron chi connectivity index (χ3n) is 0.636. The predicted octanol–water partition coefficient (Wildman–Crippen LogP) is 1.64. The van der Waals surface area contributed by atoms with Gasteiger partial charge in [0.25, 0.3) is 0 Å². The van der Waals surface area contributed by atoms with Crippen LogP contribution in [0.2, 0.25) is 0 Å². The minimum atomic E-state index is -4.95. The molecule has 0 bridgehead atoms. The molecule has 0 aromatic rings. The number of alkyl halides is 4. The molecule has 0 aliphatic carbocycles. The molecule has 1 aliphatic rings. The largest absolute Gasteiger partial charge is 0.470 e. The molecule has 46 valence electrons. The zero-order valence-electron chi connectivity index (χ0n) is 3.41. The summed E-state index contributed by atoms with van der Waals surface area (Å²) >= 11 is 0. The van der Waals surface area contributed by atoms with E-state index in [4.69, 9.17) is 0 Å². The second kappa shape index (κ2) is 1.01. The van der Waals surface area contributed by atoms with Crippen LogP contribution in [0.25, 0.3) is 0 Å². The molecule has 1 aliphatic heterocycles. The van der Waals surface area contributed by atoms with E-state index in [9.17, 15) is 17.6 Å². The average Bonchev–Trinajstić information content (AvgIpc) is 2.16. The molecule has 0 spiro atoms. The Labute approximate surface area is 41.2 Å². The maximum Gasteiger partial charge on any atom is 0.470 e. The highest BCUT2D eigenvalue weighted by Crippen LogP contribution is 2.44. The Morgan fingerprint density at radius 1 is 1.12 bits per heavy atom. The first kappa shape index (κ1) is 5.46. The fourth-order valence-corrected chi connectivity index (χ4v) is 0.157. The fourth-order valence-electron chi connectivity index (χ4n) is 0.157. The highest BCUT2D eigenvalue weighted by molar-refractivity contribution is 4.88. The van der Waals surface area contributed by atoms with E-state index in [1.54, 1.807) is 0 Å². The van der Waals surface area contributed by atoms with Gasteiger partial charge < -0.3 is 0 Å². The summed E-state index contributed by atoms with van der Waals surface area (Å²) in [6.45, 7) is 0. The average molecular weight is 128 g/mol. The van der Waals surface area contributed by atoms with Gasteiger partial charge in [-0.15, -0.1) is 10.2 Å². The lowest BCUT2D eigenvalue weighted by molar-refractivity contribution is -0.199. The van der Waals surface area contributed by atoms with Gasteiger partial charge in [0.15, 0.2) is 0 Å². The third kappa shape index (κ3) is 0.560. The highest BCUT2D eigenvalue weighted by Gasteiger charge is 2.65. The second-order valence-electron chi connectivity index (χ2n) is 1.28. The van der Waals surface area contributed by atoms with E-state index < -0.39 is 12.1 Å². The molecular formula is C2F4N2. The quantitative estimate of drug-likeness (QED) is 0.350. The SMILES string of the molecule is FC(F)(F)C1(F)N=N1. The summed E-state index contributed by atoms with van der Waals surface area (Å²) in [5, 5.41) is 4.28. The Kier molecular flexibility index (Phi) is 0.688. The summed E-state index contributed by atoms with van der Waals surface area (Å²) in [7, 11) is 0. The van der Waals surface area contributed by atoms with Crippen molar-refractivity contribution >= 4 is 0 Å². The minimum Gasteiger partial charge on any atom is -0.176 e. The van der Waals surface area contributed by atoms with Crippen molar-refractivity contribution in [1.29, 1.82) is 0 Å². The van der Waals surface area contributed by atoms with Gasteiger partial charge in [0.1, 0.15) is 0 Å². The van der Waals surface area contributed by atoms with Crippen LogP contribution in [0.3, 0.4) is 0 Å². The molecule has 6 heteroatoms. The van der Waals surface area contributed by atoms with E-state index in [2.05, 4.69) is 10.2 Å². The molecule has 0 aromatic heterocycles. The van der Waals surface area contributed by atoms with Gasteiger partial charge in [-0.25, -0.2) is 0 Å². The molecule has 0 atom stereocenters. The van der Waals surface area contributed by atoms with E-state index in [0.29, 0.717) is 0 Å². The first-order valence-corrected chi connectivity index (χ1v) is 1.65. The van der Waals surface area contributed by atoms with Crippen LogP contribution in [0.4, 0.5) is 17.6 Å². The first-order valence-electron chi connectivity index (χ1n) is 1.65. The van der Waals surface area contributed by atoms with Crippen LogP contribution in [0.5, 0.6) is 0 Å². The summed E-state index contributed by atoms with van der Waals surface area (Å²) < 4.78 is 44.7. The van der Waals surface area contributed by atoms with Crippen molar-refractivity contribution in [3.8, 4) is 0 Å². The van der Waals surface area contributed by atoms with E-state index in [1.165, 1.54) is 0 Å². The van der Waals surface area contributed by atoms with Gasteiger partial charge in [-0.2, -0.15) is 17.6 Å². The lowest BCUT2D eigenvalue weighted by Gasteiger charge is -2.02. The third-order valence-corrected chi connectivity index (χ3v) is 0.636. The molecule has 0 radical (unpaired) electrons. The molecule has 0 saturated carbocycles. The van der Waals surface area contributed by atoms with E-state index in [0.717, 1.165) is 0 Å². The summed E-state index contributed by atoms with van der Waals surface area (Å²) in [6, 6.07) is 0. The van der Waals surface area contributed by atoms with Crippen molar-refractivity contribution in [3.63, 3.8) is 0 Å². The Balaban J connectivity index is 2.61. The van der Waals surface area contributed by atoms with Crippen LogP contribution in [-0.2, 0) is 0 Å². The number of hydrogen-bond donors (Lipinski definition) is 0. The molecule has 0 unspecified atom stereocenters. The highest BCUT2D eigenvalue weighted by atomic mass is 19.4. The minimum absolute atomic E-state index is 2.14. The Morgan fingerprint density at radius 3 is 1.50 bits per heavy atom. The maximum absolute atomic E-state index is 11.5. The second-order valence-corrected chi connectivity index (χ2v) is 1.28. The Bertz CT molecular complexity index is 126. The molecule has 0 N–H and O–H groups in total. The summed E-state index contributed by atoms with van der Waals surface area (Å²) in [4.78, 5) is 0. The van der Waals surface area contributed by atoms with Crippen molar-refractivity contribution < 1.29 is 17.6 Å². The van der Waals surface area contributed by atoms with E-state index in [1.807, 2.05) is 0 Å². The van der Waals surface area contributed by atoms with Gasteiger partial charge in [-0.1, -0.05) is 0 Å². The van der Waals surface area contributed by atoms with Crippen LogP contribution < -0.4 is 0 Å². The molecular weight excluding hydrogens is 128 g/mol. The maximum atomic E-state index is 11.5. The predicted molar refractivity (Wildman–Crippen MR) is 14.8 cm³/mol. The van der Waals surface area contributed by atoms with Crippen molar-refractivity contribution in [2.45, 2.75) is 12.1 Å². The number of rotatable bonds is 0. The summed E-state index contributed by atoms with van der Waals surface area (Å²) in [5.74, 6) is -3.56. The summed E-state index contributed by atoms with van der Waals surface area (Å²) in [5.41, 5.74) is 0. The van der Waals surface area contributed by atoms with Crippen molar-refractivity contribution in [2.24, 2.45) is 10.2 Å². The van der Waals surface area contributed by atoms with Crippen molar-refractivity contribution in [2.75, 3.05) is 0 Å². The zero-order chi connectivity index (χ0) is 6.41. The van der Waals surface area contributed by atoms with Gasteiger partial charge >= 0.3 is 12.1 Å². The molecule has 2 nitrogen and oxygen atoms in total. The van der Waals surface area contributed by atoms with Crippen molar-refractivity contribution in [1.82, 2.24) is 0 Å². The molecule has 1 heterocycles. The number of nitrogens with zero attached hydrogens (tertiary/aromatic N) is 2. The van der Waals surface area contributed by atoms with Gasteiger partial charge in [0.05, 0.1) is 0 Å². The molecule has 0 fully saturated rings. The monoisotopic (exact) mass is 128 g/mol. The number of halogens is 4. The van der Waals surface area contributed by atoms with Crippen LogP contribution in [0.15, 0.2) is 10.2 Å². The van der Waals surface area contributed by atoms with Gasteiger partial charge in [0, 0.05) is 0 Å². The number of hydrogen-bond acceptors (Lipinski definition) is 2. The van der Waals surface area contributed by atoms with Gasteiger partial charge in [0.2, 0.25) is 0 Å². The molecule has 0 amide bonds. The first-order chi connectivity index (χ1) is 3.46. The topological polar surface area (TPSA) is 24.7 Å². The Morgan fingerprint density at radius 2 is 1.50 bits per heavy atom. The Hall–Kier alpha value is -0.680. The van der Waals surface area contributed by atoms with Crippen LogP contribution in [-0.4, -0.2) is 12.1 Å². The summed E-state index contributed by atoms with van der Waals surface area (Å²) in [6.07, 6.45) is -4.95. The van der Waals surface area contributed by atoms with E-state index in [-0.39, 0.29) is 0 Å². The standard InChI is InChI=1S/C2F4N2/c3-1(4,5)2(6)7-8-2. The lowest BCUT2D eigenvalue weighted by Crippen LogP contribution is -2.27. The van der Waals surface area contributed by atoms with Crippen molar-refractivity contribution in [3.05, 3.63) is 0 Å². The fraction of sp³-hybridized carbons (Fsp3) is 1.00. The van der Waals surface area contributed by atoms with Gasteiger partial charge in [-0.3, -0.25) is 0 Å². The molecule has 1 rings (SSSR count). The zero-order valence-corrected chi connectivity index (χ0v) is 3.41. The van der Waals surface area contributed by atoms with E-state index >= 15 is 0 Å². The van der Waals surface area contributed by atoms with Crippen LogP contribution in [0.1, 0.15) is 0 Å². The van der Waals surface area contributed by atoms with Gasteiger partial charge in [-0.05, 0) is 0 Å². The normalized spacial score (nSPS) is 23.5. The molecule has 8 heavy (non-hydrogen) atoms. The van der Waals surface area contributed by atoms with Crippen LogP contribution >= 0.6 is 0 Å².